The van der Waals surface area contributed by atoms with Crippen LogP contribution in [-0.4, -0.2) is 13.7 Å². The Kier molecular flexibility index (Phi) is 1.92. The summed E-state index contributed by atoms with van der Waals surface area (Å²) in [4.78, 5) is 0. The highest BCUT2D eigenvalue weighted by molar-refractivity contribution is 7.89. The molecule has 0 aromatic rings. The van der Waals surface area contributed by atoms with Gasteiger partial charge in [0, 0.05) is 0 Å². The second kappa shape index (κ2) is 2.70. The third-order valence-corrected chi connectivity index (χ3v) is 4.61. The second-order valence-corrected chi connectivity index (χ2v) is 5.80. The first-order valence-corrected chi connectivity index (χ1v) is 6.21. The van der Waals surface area contributed by atoms with Crippen molar-refractivity contribution in [2.75, 3.05) is 0 Å². The first kappa shape index (κ1) is 8.51. The number of primary sulfonamides is 1. The smallest absolute Gasteiger partial charge is 0.212 e. The molecule has 0 amide bonds. The maximum atomic E-state index is 11.2. The SMILES string of the molecule is NS(=O)(=O)C(C1CCC1)C1CC1. The molecular formula is C8H15NO2S. The van der Waals surface area contributed by atoms with Crippen molar-refractivity contribution in [3.63, 3.8) is 0 Å². The molecule has 2 aliphatic carbocycles. The van der Waals surface area contributed by atoms with Gasteiger partial charge in [-0.2, -0.15) is 0 Å². The van der Waals surface area contributed by atoms with E-state index in [2.05, 4.69) is 0 Å². The molecule has 0 aromatic heterocycles. The van der Waals surface area contributed by atoms with E-state index in [1.54, 1.807) is 0 Å². The van der Waals surface area contributed by atoms with Gasteiger partial charge >= 0.3 is 0 Å². The van der Waals surface area contributed by atoms with E-state index in [0.29, 0.717) is 11.8 Å². The molecule has 4 heteroatoms. The zero-order valence-electron chi connectivity index (χ0n) is 7.07. The minimum Gasteiger partial charge on any atom is -0.228 e. The van der Waals surface area contributed by atoms with Crippen molar-refractivity contribution >= 4 is 10.0 Å². The highest BCUT2D eigenvalue weighted by Gasteiger charge is 2.44. The predicted octanol–water partition coefficient (Wildman–Crippen LogP) is 0.854. The molecule has 0 bridgehead atoms. The highest BCUT2D eigenvalue weighted by atomic mass is 32.2. The molecule has 0 spiro atoms. The Bertz CT molecular complexity index is 265. The van der Waals surface area contributed by atoms with E-state index in [-0.39, 0.29) is 5.25 Å². The second-order valence-electron chi connectivity index (χ2n) is 4.08. The van der Waals surface area contributed by atoms with Gasteiger partial charge < -0.3 is 0 Å². The molecule has 3 nitrogen and oxygen atoms in total. The van der Waals surface area contributed by atoms with Crippen LogP contribution in [0.1, 0.15) is 32.1 Å². The summed E-state index contributed by atoms with van der Waals surface area (Å²) < 4.78 is 22.4. The first-order valence-electron chi connectivity index (χ1n) is 4.60. The van der Waals surface area contributed by atoms with Crippen LogP contribution in [0.25, 0.3) is 0 Å². The van der Waals surface area contributed by atoms with Crippen LogP contribution in [-0.2, 0) is 10.0 Å². The average Bonchev–Trinajstić information content (AvgIpc) is 2.55. The molecule has 0 heterocycles. The van der Waals surface area contributed by atoms with Crippen LogP contribution < -0.4 is 5.14 Å². The summed E-state index contributed by atoms with van der Waals surface area (Å²) in [6, 6.07) is 0. The number of hydrogen-bond donors (Lipinski definition) is 1. The van der Waals surface area contributed by atoms with Gasteiger partial charge in [-0.3, -0.25) is 0 Å². The quantitative estimate of drug-likeness (QED) is 0.715. The first-order chi connectivity index (χ1) is 5.59. The summed E-state index contributed by atoms with van der Waals surface area (Å²) in [5, 5.41) is 5.00. The van der Waals surface area contributed by atoms with Gasteiger partial charge in [0.2, 0.25) is 10.0 Å². The zero-order chi connectivity index (χ0) is 8.77. The van der Waals surface area contributed by atoms with Gasteiger partial charge in [0.25, 0.3) is 0 Å². The van der Waals surface area contributed by atoms with E-state index < -0.39 is 10.0 Å². The Morgan fingerprint density at radius 3 is 1.83 bits per heavy atom. The lowest BCUT2D eigenvalue weighted by Crippen LogP contribution is -2.39. The van der Waals surface area contributed by atoms with Crippen LogP contribution >= 0.6 is 0 Å². The van der Waals surface area contributed by atoms with Crippen LogP contribution in [0.5, 0.6) is 0 Å². The van der Waals surface area contributed by atoms with Gasteiger partial charge in [0.15, 0.2) is 0 Å². The van der Waals surface area contributed by atoms with Crippen LogP contribution in [0, 0.1) is 11.8 Å². The van der Waals surface area contributed by atoms with Crippen molar-refractivity contribution in [2.45, 2.75) is 37.4 Å². The zero-order valence-corrected chi connectivity index (χ0v) is 7.89. The van der Waals surface area contributed by atoms with Crippen molar-refractivity contribution < 1.29 is 8.42 Å². The number of nitrogens with two attached hydrogens (primary N) is 1. The molecule has 2 saturated carbocycles. The van der Waals surface area contributed by atoms with Crippen LogP contribution in [0.2, 0.25) is 0 Å². The summed E-state index contributed by atoms with van der Waals surface area (Å²) in [5.74, 6) is 0.776. The topological polar surface area (TPSA) is 60.2 Å². The van der Waals surface area contributed by atoms with Crippen LogP contribution in [0.4, 0.5) is 0 Å². The van der Waals surface area contributed by atoms with Crippen molar-refractivity contribution in [3.05, 3.63) is 0 Å². The van der Waals surface area contributed by atoms with Gasteiger partial charge in [-0.05, 0) is 37.5 Å². The normalized spacial score (nSPS) is 28.1. The lowest BCUT2D eigenvalue weighted by atomic mass is 9.81. The number of rotatable bonds is 3. The molecule has 0 aromatic carbocycles. The Balaban J connectivity index is 2.11. The van der Waals surface area contributed by atoms with Crippen molar-refractivity contribution in [2.24, 2.45) is 17.0 Å². The molecule has 70 valence electrons. The Labute approximate surface area is 73.4 Å². The lowest BCUT2D eigenvalue weighted by molar-refractivity contribution is 0.284. The molecule has 0 radical (unpaired) electrons. The predicted molar refractivity (Wildman–Crippen MR) is 47.0 cm³/mol. The Morgan fingerprint density at radius 2 is 1.58 bits per heavy atom. The van der Waals surface area contributed by atoms with Gasteiger partial charge in [-0.25, -0.2) is 13.6 Å². The van der Waals surface area contributed by atoms with Crippen LogP contribution in [0.15, 0.2) is 0 Å². The standard InChI is InChI=1S/C8H15NO2S/c9-12(10,11)8(7-4-5-7)6-2-1-3-6/h6-8H,1-5H2,(H2,9,10,11). The molecule has 2 aliphatic rings. The van der Waals surface area contributed by atoms with Gasteiger partial charge in [-0.1, -0.05) is 6.42 Å². The largest absolute Gasteiger partial charge is 0.228 e. The molecule has 0 aliphatic heterocycles. The summed E-state index contributed by atoms with van der Waals surface area (Å²) >= 11 is 0. The van der Waals surface area contributed by atoms with E-state index in [0.717, 1.165) is 25.7 Å². The number of hydrogen-bond acceptors (Lipinski definition) is 2. The fraction of sp³-hybridized carbons (Fsp3) is 1.00. The van der Waals surface area contributed by atoms with E-state index in [4.69, 9.17) is 5.14 Å². The summed E-state index contributed by atoms with van der Waals surface area (Å²) in [6.07, 6.45) is 5.45. The Morgan fingerprint density at radius 1 is 1.08 bits per heavy atom. The van der Waals surface area contributed by atoms with Crippen molar-refractivity contribution in [1.29, 1.82) is 0 Å². The van der Waals surface area contributed by atoms with Crippen molar-refractivity contribution in [3.8, 4) is 0 Å². The molecule has 1 atom stereocenters. The summed E-state index contributed by atoms with van der Waals surface area (Å²) in [6.45, 7) is 0. The molecule has 2 N–H and O–H groups in total. The maximum Gasteiger partial charge on any atom is 0.212 e. The molecule has 1 unspecified atom stereocenters. The fourth-order valence-corrected chi connectivity index (χ4v) is 3.73. The van der Waals surface area contributed by atoms with Crippen LogP contribution in [0.3, 0.4) is 0 Å². The third-order valence-electron chi connectivity index (χ3n) is 3.08. The molecule has 2 fully saturated rings. The number of sulfonamides is 1. The van der Waals surface area contributed by atoms with Gasteiger partial charge in [0.1, 0.15) is 0 Å². The molecule has 2 rings (SSSR count). The van der Waals surface area contributed by atoms with E-state index >= 15 is 0 Å². The lowest BCUT2D eigenvalue weighted by Gasteiger charge is -2.32. The third kappa shape index (κ3) is 1.50. The molecule has 0 saturated heterocycles. The van der Waals surface area contributed by atoms with Gasteiger partial charge in [-0.15, -0.1) is 0 Å². The summed E-state index contributed by atoms with van der Waals surface area (Å²) in [7, 11) is -3.26. The minimum atomic E-state index is -3.26. The fourth-order valence-electron chi connectivity index (χ4n) is 2.11. The van der Waals surface area contributed by atoms with E-state index in [1.807, 2.05) is 0 Å². The average molecular weight is 189 g/mol. The molecule has 12 heavy (non-hydrogen) atoms. The van der Waals surface area contributed by atoms with Gasteiger partial charge in [0.05, 0.1) is 5.25 Å². The maximum absolute atomic E-state index is 11.2. The van der Waals surface area contributed by atoms with E-state index in [1.165, 1.54) is 6.42 Å². The summed E-state index contributed by atoms with van der Waals surface area (Å²) in [5.41, 5.74) is 0. The monoisotopic (exact) mass is 189 g/mol. The minimum absolute atomic E-state index is 0.203. The Hall–Kier alpha value is -0.0900. The van der Waals surface area contributed by atoms with Crippen molar-refractivity contribution in [1.82, 2.24) is 0 Å². The molecular weight excluding hydrogens is 174 g/mol. The van der Waals surface area contributed by atoms with E-state index in [9.17, 15) is 8.42 Å². The highest BCUT2D eigenvalue weighted by Crippen LogP contribution is 2.44.